The van der Waals surface area contributed by atoms with Crippen LogP contribution in [0, 0.1) is 0 Å². The van der Waals surface area contributed by atoms with Crippen molar-refractivity contribution in [2.75, 3.05) is 0 Å². The Labute approximate surface area is 337 Å². The summed E-state index contributed by atoms with van der Waals surface area (Å²) in [5.41, 5.74) is 9.44. The smallest absolute Gasteiger partial charge is 0.188 e. The fraction of sp³-hybridized carbons (Fsp3) is 0. The summed E-state index contributed by atoms with van der Waals surface area (Å²) >= 11 is 0. The van der Waals surface area contributed by atoms with Gasteiger partial charge in [-0.15, -0.1) is 0 Å². The Morgan fingerprint density at radius 2 is 0.776 bits per heavy atom. The monoisotopic (exact) mass is 756 g/mol. The van der Waals surface area contributed by atoms with E-state index in [0.717, 1.165) is 22.9 Å². The molecule has 0 spiro atoms. The molecular weight excluding hydrogens is 721 g/mol. The molecule has 11 aromatic rings. The number of benzene rings is 9. The maximum atomic E-state index is 6.67. The van der Waals surface area contributed by atoms with Crippen molar-refractivity contribution in [1.82, 2.24) is 9.13 Å². The average molecular weight is 757 g/mol. The second-order valence-electron chi connectivity index (χ2n) is 15.3. The van der Waals surface area contributed by atoms with Crippen LogP contribution in [0.4, 0.5) is 0 Å². The molecule has 0 saturated heterocycles. The topological polar surface area (TPSA) is 19.1 Å². The van der Waals surface area contributed by atoms with Gasteiger partial charge in [0.2, 0.25) is 0 Å². The standard InChI is InChI=1S/C54H36N2OSi/c1-3-15-37(16-4-1)38-27-29-39(30-28-38)55-47-21-9-7-19-43(47)45-33-31-40(35-49(45)55)56-48-22-10-8-20-44(48)46-34-32-42(36-50(46)56)58(41-17-5-2-6-18-41)53-25-13-11-23-51(53)57-52-24-12-14-26-54(52)58/h1-36H. The summed E-state index contributed by atoms with van der Waals surface area (Å²) in [7, 11) is -2.86. The van der Waals surface area contributed by atoms with Gasteiger partial charge in [0.05, 0.1) is 22.1 Å². The molecule has 3 heterocycles. The molecule has 0 amide bonds. The van der Waals surface area contributed by atoms with Crippen LogP contribution in [0.3, 0.4) is 0 Å². The molecule has 0 bridgehead atoms. The number of nitrogens with zero attached hydrogens (tertiary/aromatic N) is 2. The molecule has 0 saturated carbocycles. The minimum atomic E-state index is -2.86. The van der Waals surface area contributed by atoms with Crippen molar-refractivity contribution in [1.29, 1.82) is 0 Å². The lowest BCUT2D eigenvalue weighted by molar-refractivity contribution is 0.487. The minimum Gasteiger partial charge on any atom is -0.458 e. The number of fused-ring (bicyclic) bond motifs is 8. The fourth-order valence-corrected chi connectivity index (χ4v) is 14.7. The molecule has 0 aliphatic carbocycles. The number of hydrogen-bond donors (Lipinski definition) is 0. The largest absolute Gasteiger partial charge is 0.458 e. The van der Waals surface area contributed by atoms with Crippen LogP contribution in [0.2, 0.25) is 0 Å². The normalized spacial score (nSPS) is 13.1. The van der Waals surface area contributed by atoms with E-state index in [-0.39, 0.29) is 0 Å². The lowest BCUT2D eigenvalue weighted by Gasteiger charge is -2.39. The highest BCUT2D eigenvalue weighted by atomic mass is 28.3. The Balaban J connectivity index is 1.13. The lowest BCUT2D eigenvalue weighted by atomic mass is 10.1. The molecule has 9 aromatic carbocycles. The third kappa shape index (κ3) is 4.73. The molecule has 0 atom stereocenters. The molecule has 0 N–H and O–H groups in total. The van der Waals surface area contributed by atoms with Crippen molar-refractivity contribution in [2.24, 2.45) is 0 Å². The Morgan fingerprint density at radius 1 is 0.310 bits per heavy atom. The summed E-state index contributed by atoms with van der Waals surface area (Å²) in [6, 6.07) is 80.0. The highest BCUT2D eigenvalue weighted by molar-refractivity contribution is 7.20. The molecule has 0 radical (unpaired) electrons. The van der Waals surface area contributed by atoms with Gasteiger partial charge in [-0.1, -0.05) is 164 Å². The predicted molar refractivity (Wildman–Crippen MR) is 244 cm³/mol. The van der Waals surface area contributed by atoms with Crippen LogP contribution in [0.25, 0.3) is 66.1 Å². The van der Waals surface area contributed by atoms with Crippen molar-refractivity contribution in [3.05, 3.63) is 218 Å². The summed E-state index contributed by atoms with van der Waals surface area (Å²) in [6.45, 7) is 0. The Hall–Kier alpha value is -7.40. The molecule has 2 aromatic heterocycles. The van der Waals surface area contributed by atoms with Gasteiger partial charge in [-0.05, 0) is 86.5 Å². The maximum absolute atomic E-state index is 6.67. The van der Waals surface area contributed by atoms with Gasteiger partial charge >= 0.3 is 0 Å². The molecule has 12 rings (SSSR count). The van der Waals surface area contributed by atoms with Crippen LogP contribution < -0.4 is 25.5 Å². The Bertz CT molecular complexity index is 3320. The first-order valence-corrected chi connectivity index (χ1v) is 21.9. The second-order valence-corrected chi connectivity index (χ2v) is 19.0. The SMILES string of the molecule is c1ccc(-c2ccc(-n3c4ccccc4c4ccc(-n5c6ccccc6c6ccc([Si]7(c8ccccc8)c8ccccc8Oc8ccccc87)cc65)cc43)cc2)cc1. The van der Waals surface area contributed by atoms with Crippen molar-refractivity contribution in [3.63, 3.8) is 0 Å². The second kappa shape index (κ2) is 12.8. The molecule has 4 heteroatoms. The van der Waals surface area contributed by atoms with Gasteiger partial charge in [0, 0.05) is 32.9 Å². The summed E-state index contributed by atoms with van der Waals surface area (Å²) in [4.78, 5) is 0. The number of para-hydroxylation sites is 4. The molecular formula is C54H36N2OSi. The third-order valence-electron chi connectivity index (χ3n) is 12.3. The molecule has 3 nitrogen and oxygen atoms in total. The molecule has 0 fully saturated rings. The van der Waals surface area contributed by atoms with E-state index in [0.29, 0.717) is 0 Å². The van der Waals surface area contributed by atoms with E-state index < -0.39 is 8.07 Å². The van der Waals surface area contributed by atoms with Crippen molar-refractivity contribution in [2.45, 2.75) is 0 Å². The van der Waals surface area contributed by atoms with Crippen molar-refractivity contribution in [3.8, 4) is 34.0 Å². The quantitative estimate of drug-likeness (QED) is 0.160. The van der Waals surface area contributed by atoms with Gasteiger partial charge in [0.1, 0.15) is 11.5 Å². The van der Waals surface area contributed by atoms with E-state index in [1.165, 1.54) is 75.5 Å². The minimum absolute atomic E-state index is 0.937. The van der Waals surface area contributed by atoms with Gasteiger partial charge in [0.25, 0.3) is 0 Å². The average Bonchev–Trinajstić information content (AvgIpc) is 3.81. The van der Waals surface area contributed by atoms with Crippen LogP contribution >= 0.6 is 0 Å². The zero-order chi connectivity index (χ0) is 38.2. The third-order valence-corrected chi connectivity index (χ3v) is 17.1. The van der Waals surface area contributed by atoms with Crippen molar-refractivity contribution >= 4 is 72.4 Å². The first-order valence-electron chi connectivity index (χ1n) is 19.9. The van der Waals surface area contributed by atoms with Crippen LogP contribution in [-0.2, 0) is 0 Å². The van der Waals surface area contributed by atoms with E-state index in [4.69, 9.17) is 4.74 Å². The first kappa shape index (κ1) is 32.8. The zero-order valence-corrected chi connectivity index (χ0v) is 32.6. The highest BCUT2D eigenvalue weighted by Crippen LogP contribution is 2.38. The first-order chi connectivity index (χ1) is 28.8. The summed E-state index contributed by atoms with van der Waals surface area (Å²) in [6.07, 6.45) is 0. The molecule has 0 unspecified atom stereocenters. The summed E-state index contributed by atoms with van der Waals surface area (Å²) < 4.78 is 11.6. The highest BCUT2D eigenvalue weighted by Gasteiger charge is 2.48. The Morgan fingerprint density at radius 3 is 1.43 bits per heavy atom. The van der Waals surface area contributed by atoms with Crippen LogP contribution in [0.5, 0.6) is 11.5 Å². The van der Waals surface area contributed by atoms with E-state index >= 15 is 0 Å². The maximum Gasteiger partial charge on any atom is 0.188 e. The zero-order valence-electron chi connectivity index (χ0n) is 31.6. The van der Waals surface area contributed by atoms with Crippen LogP contribution in [0.15, 0.2) is 218 Å². The van der Waals surface area contributed by atoms with E-state index in [1.54, 1.807) is 0 Å². The van der Waals surface area contributed by atoms with Gasteiger partial charge in [-0.25, -0.2) is 0 Å². The van der Waals surface area contributed by atoms with Gasteiger partial charge < -0.3 is 13.9 Å². The number of aromatic nitrogens is 2. The number of hydrogen-bond acceptors (Lipinski definition) is 1. The molecule has 58 heavy (non-hydrogen) atoms. The van der Waals surface area contributed by atoms with Gasteiger partial charge in [0.15, 0.2) is 8.07 Å². The predicted octanol–water partition coefficient (Wildman–Crippen LogP) is 11.0. The van der Waals surface area contributed by atoms with Crippen molar-refractivity contribution < 1.29 is 4.74 Å². The van der Waals surface area contributed by atoms with Crippen LogP contribution in [0.1, 0.15) is 0 Å². The van der Waals surface area contributed by atoms with E-state index in [1.807, 2.05) is 0 Å². The summed E-state index contributed by atoms with van der Waals surface area (Å²) in [5.74, 6) is 1.87. The molecule has 1 aliphatic heterocycles. The molecule has 272 valence electrons. The van der Waals surface area contributed by atoms with E-state index in [9.17, 15) is 0 Å². The van der Waals surface area contributed by atoms with Crippen LogP contribution in [-0.4, -0.2) is 17.2 Å². The number of ether oxygens (including phenoxy) is 1. The van der Waals surface area contributed by atoms with Gasteiger partial charge in [-0.3, -0.25) is 0 Å². The molecule has 1 aliphatic rings. The number of rotatable bonds is 5. The summed E-state index contributed by atoms with van der Waals surface area (Å²) in [5, 5.41) is 10.2. The Kier molecular flexibility index (Phi) is 7.25. The van der Waals surface area contributed by atoms with Gasteiger partial charge in [-0.2, -0.15) is 0 Å². The fourth-order valence-electron chi connectivity index (χ4n) is 9.76. The lowest BCUT2D eigenvalue weighted by Crippen LogP contribution is -2.76. The van der Waals surface area contributed by atoms with E-state index in [2.05, 4.69) is 228 Å².